The van der Waals surface area contributed by atoms with Gasteiger partial charge < -0.3 is 14.2 Å². The molecule has 0 radical (unpaired) electrons. The maximum atomic E-state index is 12.7. The van der Waals surface area contributed by atoms with Crippen LogP contribution < -0.4 is 19.6 Å². The van der Waals surface area contributed by atoms with Crippen molar-refractivity contribution in [2.45, 2.75) is 0 Å². The first-order valence-corrected chi connectivity index (χ1v) is 11.0. The Morgan fingerprint density at radius 1 is 0.946 bits per heavy atom. The van der Waals surface area contributed by atoms with Crippen molar-refractivity contribution in [3.8, 4) is 17.2 Å². The average Bonchev–Trinajstić information content (AvgIpc) is 2.93. The van der Waals surface area contributed by atoms with Gasteiger partial charge in [0.2, 0.25) is 0 Å². The maximum absolute atomic E-state index is 12.7. The molecular formula is C27H21N3O7. The number of methoxy groups -OCH3 is 1. The van der Waals surface area contributed by atoms with Crippen LogP contribution in [0.15, 0.2) is 90.0 Å². The lowest BCUT2D eigenvalue weighted by atomic mass is 10.0. The second-order valence-corrected chi connectivity index (χ2v) is 7.65. The zero-order valence-electron chi connectivity index (χ0n) is 19.6. The van der Waals surface area contributed by atoms with E-state index in [1.807, 2.05) is 30.3 Å². The number of rotatable bonds is 9. The molecule has 4 aromatic carbocycles. The van der Waals surface area contributed by atoms with Gasteiger partial charge in [0.05, 0.1) is 23.8 Å². The monoisotopic (exact) mass is 499 g/mol. The molecule has 1 amide bonds. The first-order chi connectivity index (χ1) is 17.9. The minimum Gasteiger partial charge on any atom is -0.497 e. The molecule has 10 heteroatoms. The largest absolute Gasteiger partial charge is 0.497 e. The minimum atomic E-state index is -0.562. The van der Waals surface area contributed by atoms with Crippen molar-refractivity contribution < 1.29 is 28.7 Å². The molecule has 0 aliphatic heterocycles. The predicted molar refractivity (Wildman–Crippen MR) is 136 cm³/mol. The summed E-state index contributed by atoms with van der Waals surface area (Å²) in [6.07, 6.45) is 1.39. The van der Waals surface area contributed by atoms with Gasteiger partial charge in [-0.05, 0) is 53.2 Å². The number of nitro groups is 1. The molecular weight excluding hydrogens is 478 g/mol. The molecule has 1 N–H and O–H groups in total. The Hall–Kier alpha value is -5.25. The number of benzene rings is 4. The lowest BCUT2D eigenvalue weighted by Crippen LogP contribution is -2.24. The number of hydrogen-bond acceptors (Lipinski definition) is 8. The summed E-state index contributed by atoms with van der Waals surface area (Å²) in [5.74, 6) is 0.0641. The van der Waals surface area contributed by atoms with Crippen LogP contribution in [0.4, 0.5) is 5.69 Å². The second-order valence-electron chi connectivity index (χ2n) is 7.65. The van der Waals surface area contributed by atoms with Gasteiger partial charge in [0.15, 0.2) is 6.61 Å². The summed E-state index contributed by atoms with van der Waals surface area (Å²) in [5, 5.41) is 16.4. The molecule has 0 aliphatic carbocycles. The SMILES string of the molecule is COc1ccc(C(=O)Oc2ccc3ccccc3c2/C=N\NC(=O)COc2ccc([N+](=O)[O-])cc2)cc1. The topological polar surface area (TPSA) is 129 Å². The smallest absolute Gasteiger partial charge is 0.343 e. The number of carbonyl (C=O) groups excluding carboxylic acids is 2. The number of carbonyl (C=O) groups is 2. The van der Waals surface area contributed by atoms with Crippen LogP contribution in [0.1, 0.15) is 15.9 Å². The number of amides is 1. The molecule has 0 atom stereocenters. The van der Waals surface area contributed by atoms with Gasteiger partial charge in [-0.2, -0.15) is 5.10 Å². The summed E-state index contributed by atoms with van der Waals surface area (Å²) in [6.45, 7) is -0.357. The predicted octanol–water partition coefficient (Wildman–Crippen LogP) is 4.50. The molecule has 0 aliphatic rings. The van der Waals surface area contributed by atoms with Crippen LogP contribution in [0.2, 0.25) is 0 Å². The van der Waals surface area contributed by atoms with Gasteiger partial charge in [-0.25, -0.2) is 10.2 Å². The summed E-state index contributed by atoms with van der Waals surface area (Å²) in [5.41, 5.74) is 3.12. The number of fused-ring (bicyclic) bond motifs is 1. The van der Waals surface area contributed by atoms with E-state index in [2.05, 4.69) is 10.5 Å². The first-order valence-electron chi connectivity index (χ1n) is 11.0. The van der Waals surface area contributed by atoms with Gasteiger partial charge in [0, 0.05) is 17.7 Å². The van der Waals surface area contributed by atoms with Crippen molar-refractivity contribution in [3.63, 3.8) is 0 Å². The molecule has 0 fully saturated rings. The molecule has 4 rings (SSSR count). The molecule has 0 spiro atoms. The summed E-state index contributed by atoms with van der Waals surface area (Å²) >= 11 is 0. The van der Waals surface area contributed by atoms with E-state index in [0.717, 1.165) is 10.8 Å². The first kappa shape index (κ1) is 24.9. The summed E-state index contributed by atoms with van der Waals surface area (Å²) in [6, 6.07) is 22.8. The fourth-order valence-electron chi connectivity index (χ4n) is 3.40. The number of nitro benzene ring substituents is 1. The lowest BCUT2D eigenvalue weighted by Gasteiger charge is -2.11. The van der Waals surface area contributed by atoms with E-state index in [4.69, 9.17) is 14.2 Å². The van der Waals surface area contributed by atoms with Crippen LogP contribution in [-0.2, 0) is 4.79 Å². The van der Waals surface area contributed by atoms with Crippen LogP contribution in [0, 0.1) is 10.1 Å². The van der Waals surface area contributed by atoms with Crippen LogP contribution >= 0.6 is 0 Å². The van der Waals surface area contributed by atoms with Crippen molar-refractivity contribution in [3.05, 3.63) is 106 Å². The highest BCUT2D eigenvalue weighted by atomic mass is 16.6. The Morgan fingerprint density at radius 2 is 1.65 bits per heavy atom. The Kier molecular flexibility index (Phi) is 7.69. The number of ether oxygens (including phenoxy) is 3. The minimum absolute atomic E-state index is 0.0833. The molecule has 0 aromatic heterocycles. The van der Waals surface area contributed by atoms with E-state index in [9.17, 15) is 19.7 Å². The molecule has 37 heavy (non-hydrogen) atoms. The molecule has 0 heterocycles. The summed E-state index contributed by atoms with van der Waals surface area (Å²) in [7, 11) is 1.54. The van der Waals surface area contributed by atoms with E-state index >= 15 is 0 Å². The van der Waals surface area contributed by atoms with Crippen LogP contribution in [0.25, 0.3) is 10.8 Å². The zero-order valence-corrected chi connectivity index (χ0v) is 19.6. The normalized spacial score (nSPS) is 10.7. The molecule has 0 bridgehead atoms. The van der Waals surface area contributed by atoms with Crippen molar-refractivity contribution in [1.29, 1.82) is 0 Å². The Morgan fingerprint density at radius 3 is 2.35 bits per heavy atom. The van der Waals surface area contributed by atoms with Gasteiger partial charge in [-0.15, -0.1) is 0 Å². The van der Waals surface area contributed by atoms with Gasteiger partial charge in [-0.3, -0.25) is 14.9 Å². The highest BCUT2D eigenvalue weighted by molar-refractivity contribution is 6.04. The number of hydrogen-bond donors (Lipinski definition) is 1. The lowest BCUT2D eigenvalue weighted by molar-refractivity contribution is -0.384. The molecule has 4 aromatic rings. The van der Waals surface area contributed by atoms with E-state index < -0.39 is 16.8 Å². The van der Waals surface area contributed by atoms with Gasteiger partial charge in [0.1, 0.15) is 17.2 Å². The van der Waals surface area contributed by atoms with E-state index in [0.29, 0.717) is 22.6 Å². The van der Waals surface area contributed by atoms with E-state index in [1.54, 1.807) is 30.3 Å². The quantitative estimate of drug-likeness (QED) is 0.118. The number of hydrazone groups is 1. The highest BCUT2D eigenvalue weighted by Crippen LogP contribution is 2.27. The van der Waals surface area contributed by atoms with E-state index in [1.165, 1.54) is 37.6 Å². The highest BCUT2D eigenvalue weighted by Gasteiger charge is 2.14. The number of nitrogens with one attached hydrogen (secondary N) is 1. The average molecular weight is 499 g/mol. The van der Waals surface area contributed by atoms with Gasteiger partial charge in [-0.1, -0.05) is 30.3 Å². The number of nitrogens with zero attached hydrogens (tertiary/aromatic N) is 2. The third-order valence-corrected chi connectivity index (χ3v) is 5.26. The van der Waals surface area contributed by atoms with Crippen molar-refractivity contribution in [2.24, 2.45) is 5.10 Å². The third kappa shape index (κ3) is 6.25. The van der Waals surface area contributed by atoms with Crippen LogP contribution in [0.3, 0.4) is 0 Å². The van der Waals surface area contributed by atoms with Crippen LogP contribution in [-0.4, -0.2) is 36.7 Å². The van der Waals surface area contributed by atoms with Gasteiger partial charge in [0.25, 0.3) is 11.6 Å². The Labute approximate surface area is 211 Å². The zero-order chi connectivity index (χ0) is 26.2. The second kappa shape index (κ2) is 11.5. The summed E-state index contributed by atoms with van der Waals surface area (Å²) < 4.78 is 16.1. The molecule has 0 saturated carbocycles. The van der Waals surface area contributed by atoms with Crippen molar-refractivity contribution in [2.75, 3.05) is 13.7 Å². The standard InChI is InChI=1S/C27H21N3O7/c1-35-21-11-6-19(7-12-21)27(32)37-25-15-8-18-4-2-3-5-23(18)24(25)16-28-29-26(31)17-36-22-13-9-20(10-14-22)30(33)34/h2-16H,17H2,1H3,(H,29,31)/b28-16-. The van der Waals surface area contributed by atoms with Crippen LogP contribution in [0.5, 0.6) is 17.2 Å². The Balaban J connectivity index is 1.46. The Bertz CT molecular complexity index is 1470. The fraction of sp³-hybridized carbons (Fsp3) is 0.0741. The number of non-ortho nitro benzene ring substituents is 1. The summed E-state index contributed by atoms with van der Waals surface area (Å²) in [4.78, 5) is 35.1. The molecule has 186 valence electrons. The van der Waals surface area contributed by atoms with Crippen molar-refractivity contribution >= 4 is 34.6 Å². The third-order valence-electron chi connectivity index (χ3n) is 5.26. The fourth-order valence-corrected chi connectivity index (χ4v) is 3.40. The number of esters is 1. The molecule has 0 saturated heterocycles. The molecule has 10 nitrogen and oxygen atoms in total. The van der Waals surface area contributed by atoms with Gasteiger partial charge >= 0.3 is 5.97 Å². The van der Waals surface area contributed by atoms with Crippen molar-refractivity contribution in [1.82, 2.24) is 5.43 Å². The van der Waals surface area contributed by atoms with E-state index in [-0.39, 0.29) is 18.0 Å². The molecule has 0 unspecified atom stereocenters. The maximum Gasteiger partial charge on any atom is 0.343 e.